The Hall–Kier alpha value is -1.26. The Morgan fingerprint density at radius 2 is 2.41 bits per heavy atom. The highest BCUT2D eigenvalue weighted by Gasteiger charge is 2.19. The first-order valence-corrected chi connectivity index (χ1v) is 5.74. The molecule has 92 valence electrons. The fraction of sp³-hybridized carbons (Fsp3) is 0.417. The second kappa shape index (κ2) is 4.94. The Bertz CT molecular complexity index is 444. The lowest BCUT2D eigenvalue weighted by molar-refractivity contribution is -0.149. The molecular weight excluding hydrogens is 244 g/mol. The number of halogens is 1. The number of rotatable bonds is 4. The lowest BCUT2D eigenvalue weighted by atomic mass is 10.1. The molecule has 1 heterocycles. The molecule has 1 aromatic carbocycles. The molecule has 0 aromatic heterocycles. The molecule has 5 heteroatoms. The number of fused-ring (bicyclic) bond motifs is 1. The highest BCUT2D eigenvalue weighted by molar-refractivity contribution is 6.30. The summed E-state index contributed by atoms with van der Waals surface area (Å²) in [5, 5.41) is 9.35. The Labute approximate surface area is 104 Å². The van der Waals surface area contributed by atoms with Gasteiger partial charge in [-0.25, -0.2) is 4.79 Å². The Kier molecular flexibility index (Phi) is 3.54. The number of carbonyl (C=O) groups is 1. The molecule has 0 saturated carbocycles. The third-order valence-electron chi connectivity index (χ3n) is 2.66. The maximum Gasteiger partial charge on any atom is 0.332 e. The van der Waals surface area contributed by atoms with Crippen molar-refractivity contribution in [3.8, 4) is 5.75 Å². The number of carboxylic acid groups (broad SMARTS) is 1. The zero-order chi connectivity index (χ0) is 12.4. The zero-order valence-electron chi connectivity index (χ0n) is 9.40. The molecule has 0 radical (unpaired) electrons. The molecule has 0 aliphatic carbocycles. The minimum absolute atomic E-state index is 0.191. The first-order chi connectivity index (χ1) is 8.08. The van der Waals surface area contributed by atoms with Gasteiger partial charge in [0.15, 0.2) is 6.10 Å². The molecule has 1 aliphatic rings. The average molecular weight is 257 g/mol. The first kappa shape index (κ1) is 12.2. The predicted molar refractivity (Wildman–Crippen MR) is 62.5 cm³/mol. The molecule has 17 heavy (non-hydrogen) atoms. The van der Waals surface area contributed by atoms with Crippen LogP contribution in [0.15, 0.2) is 12.1 Å². The van der Waals surface area contributed by atoms with E-state index in [0.29, 0.717) is 11.6 Å². The molecule has 0 unspecified atom stereocenters. The van der Waals surface area contributed by atoms with Gasteiger partial charge < -0.3 is 14.6 Å². The van der Waals surface area contributed by atoms with E-state index in [1.165, 1.54) is 6.92 Å². The van der Waals surface area contributed by atoms with Crippen molar-refractivity contribution in [2.24, 2.45) is 0 Å². The van der Waals surface area contributed by atoms with Gasteiger partial charge in [0.05, 0.1) is 13.2 Å². The average Bonchev–Trinajstić information content (AvgIpc) is 2.72. The monoisotopic (exact) mass is 256 g/mol. The van der Waals surface area contributed by atoms with Crippen molar-refractivity contribution in [3.63, 3.8) is 0 Å². The molecule has 1 aromatic rings. The van der Waals surface area contributed by atoms with Gasteiger partial charge in [-0.15, -0.1) is 0 Å². The molecule has 0 saturated heterocycles. The van der Waals surface area contributed by atoms with Crippen LogP contribution < -0.4 is 4.74 Å². The number of hydrogen-bond donors (Lipinski definition) is 1. The van der Waals surface area contributed by atoms with Gasteiger partial charge in [-0.05, 0) is 24.6 Å². The zero-order valence-corrected chi connectivity index (χ0v) is 10.2. The van der Waals surface area contributed by atoms with Crippen molar-refractivity contribution in [2.75, 3.05) is 6.61 Å². The van der Waals surface area contributed by atoms with Crippen LogP contribution in [0.3, 0.4) is 0 Å². The van der Waals surface area contributed by atoms with Gasteiger partial charge in [0, 0.05) is 17.0 Å². The molecular formula is C12H13ClO4. The Balaban J connectivity index is 2.13. The highest BCUT2D eigenvalue weighted by atomic mass is 35.5. The molecule has 0 fully saturated rings. The topological polar surface area (TPSA) is 55.8 Å². The van der Waals surface area contributed by atoms with Crippen molar-refractivity contribution in [3.05, 3.63) is 28.3 Å². The largest absolute Gasteiger partial charge is 0.493 e. The second-order valence-electron chi connectivity index (χ2n) is 3.94. The van der Waals surface area contributed by atoms with E-state index in [-0.39, 0.29) is 6.61 Å². The molecule has 4 nitrogen and oxygen atoms in total. The summed E-state index contributed by atoms with van der Waals surface area (Å²) in [6, 6.07) is 3.62. The van der Waals surface area contributed by atoms with Gasteiger partial charge in [-0.2, -0.15) is 0 Å². The van der Waals surface area contributed by atoms with Crippen molar-refractivity contribution in [2.45, 2.75) is 26.1 Å². The van der Waals surface area contributed by atoms with Crippen LogP contribution in [0.2, 0.25) is 5.02 Å². The smallest absolute Gasteiger partial charge is 0.332 e. The van der Waals surface area contributed by atoms with Crippen molar-refractivity contribution in [1.82, 2.24) is 0 Å². The third kappa shape index (κ3) is 2.70. The maximum atomic E-state index is 10.6. The van der Waals surface area contributed by atoms with Crippen LogP contribution in [-0.2, 0) is 22.6 Å². The Morgan fingerprint density at radius 1 is 1.65 bits per heavy atom. The van der Waals surface area contributed by atoms with Gasteiger partial charge in [0.1, 0.15) is 5.75 Å². The van der Waals surface area contributed by atoms with Crippen LogP contribution in [0, 0.1) is 0 Å². The van der Waals surface area contributed by atoms with E-state index in [1.54, 1.807) is 6.07 Å². The van der Waals surface area contributed by atoms with E-state index in [9.17, 15) is 4.79 Å². The SMILES string of the molecule is C[C@@H](OCc1cc(Cl)cc2c1OCC2)C(=O)O. The van der Waals surface area contributed by atoms with Crippen molar-refractivity contribution in [1.29, 1.82) is 0 Å². The molecule has 0 amide bonds. The van der Waals surface area contributed by atoms with E-state index in [4.69, 9.17) is 26.2 Å². The highest BCUT2D eigenvalue weighted by Crippen LogP contribution is 2.33. The quantitative estimate of drug-likeness (QED) is 0.898. The number of ether oxygens (including phenoxy) is 2. The van der Waals surface area contributed by atoms with Crippen LogP contribution in [0.1, 0.15) is 18.1 Å². The van der Waals surface area contributed by atoms with E-state index in [1.807, 2.05) is 6.07 Å². The van der Waals surface area contributed by atoms with E-state index < -0.39 is 12.1 Å². The number of hydrogen-bond acceptors (Lipinski definition) is 3. The first-order valence-electron chi connectivity index (χ1n) is 5.36. The molecule has 0 spiro atoms. The van der Waals surface area contributed by atoms with Crippen molar-refractivity contribution >= 4 is 17.6 Å². The molecule has 2 rings (SSSR count). The predicted octanol–water partition coefficient (Wildman–Crippen LogP) is 2.26. The summed E-state index contributed by atoms with van der Waals surface area (Å²) in [5.74, 6) is -0.198. The van der Waals surface area contributed by atoms with Gasteiger partial charge in [-0.1, -0.05) is 11.6 Å². The Morgan fingerprint density at radius 3 is 3.12 bits per heavy atom. The minimum Gasteiger partial charge on any atom is -0.493 e. The second-order valence-corrected chi connectivity index (χ2v) is 4.38. The summed E-state index contributed by atoms with van der Waals surface area (Å²) in [4.78, 5) is 10.6. The normalized spacial score (nSPS) is 15.2. The van der Waals surface area contributed by atoms with E-state index >= 15 is 0 Å². The van der Waals surface area contributed by atoms with Crippen LogP contribution in [0.4, 0.5) is 0 Å². The molecule has 0 bridgehead atoms. The van der Waals surface area contributed by atoms with Crippen LogP contribution in [-0.4, -0.2) is 23.8 Å². The van der Waals surface area contributed by atoms with E-state index in [2.05, 4.69) is 0 Å². The van der Waals surface area contributed by atoms with Crippen molar-refractivity contribution < 1.29 is 19.4 Å². The summed E-state index contributed by atoms with van der Waals surface area (Å²) in [6.07, 6.45) is -0.0109. The number of benzene rings is 1. The molecule has 1 aliphatic heterocycles. The maximum absolute atomic E-state index is 10.6. The minimum atomic E-state index is -0.982. The number of carboxylic acids is 1. The number of aliphatic carboxylic acids is 1. The van der Waals surface area contributed by atoms with Gasteiger partial charge in [-0.3, -0.25) is 0 Å². The summed E-state index contributed by atoms with van der Waals surface area (Å²) in [5.41, 5.74) is 1.86. The summed E-state index contributed by atoms with van der Waals surface area (Å²) < 4.78 is 10.7. The lowest BCUT2D eigenvalue weighted by Gasteiger charge is -2.12. The van der Waals surface area contributed by atoms with Gasteiger partial charge in [0.2, 0.25) is 0 Å². The molecule has 1 atom stereocenters. The molecule has 1 N–H and O–H groups in total. The van der Waals surface area contributed by atoms with Crippen LogP contribution in [0.5, 0.6) is 5.75 Å². The van der Waals surface area contributed by atoms with Gasteiger partial charge >= 0.3 is 5.97 Å². The van der Waals surface area contributed by atoms with Crippen LogP contribution in [0.25, 0.3) is 0 Å². The van der Waals surface area contributed by atoms with E-state index in [0.717, 1.165) is 23.3 Å². The standard InChI is InChI=1S/C12H13ClO4/c1-7(12(14)15)17-6-9-5-10(13)4-8-2-3-16-11(8)9/h4-5,7H,2-3,6H2,1H3,(H,14,15)/t7-/m1/s1. The third-order valence-corrected chi connectivity index (χ3v) is 2.88. The van der Waals surface area contributed by atoms with Crippen LogP contribution >= 0.6 is 11.6 Å². The lowest BCUT2D eigenvalue weighted by Crippen LogP contribution is -2.19. The fourth-order valence-corrected chi connectivity index (χ4v) is 2.00. The summed E-state index contributed by atoms with van der Waals surface area (Å²) in [7, 11) is 0. The summed E-state index contributed by atoms with van der Waals surface area (Å²) >= 11 is 5.98. The fourth-order valence-electron chi connectivity index (χ4n) is 1.74. The van der Waals surface area contributed by atoms with Gasteiger partial charge in [0.25, 0.3) is 0 Å². The summed E-state index contributed by atoms with van der Waals surface area (Å²) in [6.45, 7) is 2.32.